The van der Waals surface area contributed by atoms with Gasteiger partial charge < -0.3 is 5.73 Å². The molecule has 3 aromatic rings. The number of nitrogens with two attached hydrogens (primary N) is 1. The molecule has 0 aliphatic heterocycles. The lowest BCUT2D eigenvalue weighted by Gasteiger charge is -2.09. The fourth-order valence-corrected chi connectivity index (χ4v) is 2.97. The predicted octanol–water partition coefficient (Wildman–Crippen LogP) is 5.16. The van der Waals surface area contributed by atoms with Gasteiger partial charge >= 0.3 is 0 Å². The molecule has 0 fully saturated rings. The van der Waals surface area contributed by atoms with Crippen LogP contribution in [0.1, 0.15) is 5.56 Å². The monoisotopic (exact) mass is 405 g/mol. The van der Waals surface area contributed by atoms with Gasteiger partial charge in [-0.3, -0.25) is 5.10 Å². The van der Waals surface area contributed by atoms with Crippen LogP contribution in [0.4, 0.5) is 5.82 Å². The molecule has 0 bridgehead atoms. The predicted molar refractivity (Wildman–Crippen MR) is 94.0 cm³/mol. The molecule has 2 aromatic carbocycles. The highest BCUT2D eigenvalue weighted by molar-refractivity contribution is 9.10. The van der Waals surface area contributed by atoms with Gasteiger partial charge in [0, 0.05) is 14.5 Å². The Labute approximate surface area is 139 Å². The van der Waals surface area contributed by atoms with Crippen LogP contribution in [0, 0.1) is 6.92 Å². The van der Waals surface area contributed by atoms with Gasteiger partial charge in [-0.2, -0.15) is 5.10 Å². The summed E-state index contributed by atoms with van der Waals surface area (Å²) in [5.74, 6) is 0.506. The van der Waals surface area contributed by atoms with E-state index in [2.05, 4.69) is 55.0 Å². The minimum atomic E-state index is 0.506. The third kappa shape index (κ3) is 2.63. The lowest BCUT2D eigenvalue weighted by molar-refractivity contribution is 1.10. The molecule has 1 aromatic heterocycles. The average molecular weight is 407 g/mol. The number of H-pyrrole nitrogens is 1. The summed E-state index contributed by atoms with van der Waals surface area (Å²) in [5, 5.41) is 7.25. The molecule has 1 heterocycles. The number of nitrogens with zero attached hydrogens (tertiary/aromatic N) is 1. The standard InChI is InChI=1S/C16H13Br2N3/c1-9-12(3-2-4-13(9)18)15-14(16(19)21-20-15)10-5-7-11(17)8-6-10/h2-8H,1H3,(H3,19,20,21). The van der Waals surface area contributed by atoms with E-state index in [1.54, 1.807) is 0 Å². The molecule has 0 unspecified atom stereocenters. The molecule has 3 rings (SSSR count). The van der Waals surface area contributed by atoms with Crippen LogP contribution < -0.4 is 5.73 Å². The van der Waals surface area contributed by atoms with Crippen LogP contribution in [0.5, 0.6) is 0 Å². The first-order valence-electron chi connectivity index (χ1n) is 6.43. The van der Waals surface area contributed by atoms with Gasteiger partial charge in [0.2, 0.25) is 0 Å². The molecule has 0 aliphatic rings. The minimum Gasteiger partial charge on any atom is -0.382 e. The molecule has 3 N–H and O–H groups in total. The molecule has 21 heavy (non-hydrogen) atoms. The van der Waals surface area contributed by atoms with E-state index in [0.29, 0.717) is 5.82 Å². The van der Waals surface area contributed by atoms with E-state index in [1.807, 2.05) is 36.4 Å². The van der Waals surface area contributed by atoms with Crippen molar-refractivity contribution in [2.45, 2.75) is 6.92 Å². The number of nitrogens with one attached hydrogen (secondary N) is 1. The third-order valence-corrected chi connectivity index (χ3v) is 4.85. The molecule has 106 valence electrons. The van der Waals surface area contributed by atoms with Crippen LogP contribution >= 0.6 is 31.9 Å². The molecule has 3 nitrogen and oxygen atoms in total. The third-order valence-electron chi connectivity index (χ3n) is 3.46. The van der Waals surface area contributed by atoms with Crippen molar-refractivity contribution < 1.29 is 0 Å². The van der Waals surface area contributed by atoms with Crippen LogP contribution in [0.3, 0.4) is 0 Å². The van der Waals surface area contributed by atoms with E-state index in [9.17, 15) is 0 Å². The molecule has 0 aliphatic carbocycles. The van der Waals surface area contributed by atoms with Crippen LogP contribution in [0.25, 0.3) is 22.4 Å². The number of hydrogen-bond donors (Lipinski definition) is 2. The maximum atomic E-state index is 6.07. The van der Waals surface area contributed by atoms with Gasteiger partial charge in [0.1, 0.15) is 0 Å². The van der Waals surface area contributed by atoms with Crippen molar-refractivity contribution in [3.63, 3.8) is 0 Å². The zero-order chi connectivity index (χ0) is 15.0. The molecule has 0 atom stereocenters. The molecule has 0 amide bonds. The zero-order valence-corrected chi connectivity index (χ0v) is 14.5. The Morgan fingerprint density at radius 1 is 1.05 bits per heavy atom. The second-order valence-corrected chi connectivity index (χ2v) is 6.55. The summed E-state index contributed by atoms with van der Waals surface area (Å²) in [5.41, 5.74) is 11.2. The minimum absolute atomic E-state index is 0.506. The number of anilines is 1. The summed E-state index contributed by atoms with van der Waals surface area (Å²) < 4.78 is 2.10. The Morgan fingerprint density at radius 3 is 2.48 bits per heavy atom. The molecule has 0 radical (unpaired) electrons. The smallest absolute Gasteiger partial charge is 0.153 e. The van der Waals surface area contributed by atoms with E-state index in [-0.39, 0.29) is 0 Å². The summed E-state index contributed by atoms with van der Waals surface area (Å²) in [6.45, 7) is 2.07. The summed E-state index contributed by atoms with van der Waals surface area (Å²) in [4.78, 5) is 0. The van der Waals surface area contributed by atoms with Crippen molar-refractivity contribution in [1.29, 1.82) is 0 Å². The van der Waals surface area contributed by atoms with Gasteiger partial charge in [-0.25, -0.2) is 0 Å². The largest absolute Gasteiger partial charge is 0.382 e. The maximum absolute atomic E-state index is 6.07. The zero-order valence-electron chi connectivity index (χ0n) is 11.3. The molecule has 0 saturated carbocycles. The van der Waals surface area contributed by atoms with Crippen molar-refractivity contribution in [3.05, 3.63) is 57.0 Å². The van der Waals surface area contributed by atoms with Crippen LogP contribution in [0.15, 0.2) is 51.4 Å². The molecule has 0 saturated heterocycles. The lowest BCUT2D eigenvalue weighted by Crippen LogP contribution is -1.90. The summed E-state index contributed by atoms with van der Waals surface area (Å²) >= 11 is 7.02. The Kier molecular flexibility index (Phi) is 3.87. The van der Waals surface area contributed by atoms with Crippen molar-refractivity contribution in [3.8, 4) is 22.4 Å². The second-order valence-electron chi connectivity index (χ2n) is 4.78. The molecule has 0 spiro atoms. The Morgan fingerprint density at radius 2 is 1.76 bits per heavy atom. The van der Waals surface area contributed by atoms with Crippen molar-refractivity contribution in [2.24, 2.45) is 0 Å². The number of aromatic amines is 1. The lowest BCUT2D eigenvalue weighted by atomic mass is 9.98. The first kappa shape index (κ1) is 14.4. The first-order valence-corrected chi connectivity index (χ1v) is 8.02. The Balaban J connectivity index is 2.22. The summed E-state index contributed by atoms with van der Waals surface area (Å²) in [7, 11) is 0. The normalized spacial score (nSPS) is 10.8. The highest BCUT2D eigenvalue weighted by atomic mass is 79.9. The van der Waals surface area contributed by atoms with E-state index in [0.717, 1.165) is 36.9 Å². The molecular formula is C16H13Br2N3. The van der Waals surface area contributed by atoms with E-state index in [1.165, 1.54) is 0 Å². The number of rotatable bonds is 2. The highest BCUT2D eigenvalue weighted by Crippen LogP contribution is 2.37. The van der Waals surface area contributed by atoms with Crippen LogP contribution in [0.2, 0.25) is 0 Å². The van der Waals surface area contributed by atoms with E-state index >= 15 is 0 Å². The van der Waals surface area contributed by atoms with Crippen LogP contribution in [-0.2, 0) is 0 Å². The van der Waals surface area contributed by atoms with Gasteiger partial charge in [-0.05, 0) is 36.2 Å². The fraction of sp³-hybridized carbons (Fsp3) is 0.0625. The van der Waals surface area contributed by atoms with Gasteiger partial charge in [-0.1, -0.05) is 56.1 Å². The number of benzene rings is 2. The van der Waals surface area contributed by atoms with Crippen molar-refractivity contribution in [1.82, 2.24) is 10.2 Å². The average Bonchev–Trinajstić information content (AvgIpc) is 2.85. The number of aromatic nitrogens is 2. The molecule has 5 heteroatoms. The van der Waals surface area contributed by atoms with E-state index < -0.39 is 0 Å². The van der Waals surface area contributed by atoms with Gasteiger partial charge in [0.25, 0.3) is 0 Å². The first-order chi connectivity index (χ1) is 10.1. The van der Waals surface area contributed by atoms with Gasteiger partial charge in [0.05, 0.1) is 11.3 Å². The van der Waals surface area contributed by atoms with E-state index in [4.69, 9.17) is 5.73 Å². The quantitative estimate of drug-likeness (QED) is 0.617. The van der Waals surface area contributed by atoms with Gasteiger partial charge in [-0.15, -0.1) is 0 Å². The number of hydrogen-bond acceptors (Lipinski definition) is 2. The van der Waals surface area contributed by atoms with Crippen molar-refractivity contribution in [2.75, 3.05) is 5.73 Å². The molecular weight excluding hydrogens is 394 g/mol. The fourth-order valence-electron chi connectivity index (χ4n) is 2.34. The Bertz CT molecular complexity index is 792. The topological polar surface area (TPSA) is 54.7 Å². The number of halogens is 2. The maximum Gasteiger partial charge on any atom is 0.153 e. The summed E-state index contributed by atoms with van der Waals surface area (Å²) in [6.07, 6.45) is 0. The Hall–Kier alpha value is -1.59. The van der Waals surface area contributed by atoms with Gasteiger partial charge in [0.15, 0.2) is 5.82 Å². The summed E-state index contributed by atoms with van der Waals surface area (Å²) in [6, 6.07) is 14.2. The number of nitrogen functional groups attached to an aromatic ring is 1. The second kappa shape index (κ2) is 5.66. The highest BCUT2D eigenvalue weighted by Gasteiger charge is 2.16. The SMILES string of the molecule is Cc1c(Br)cccc1-c1[nH]nc(N)c1-c1ccc(Br)cc1. The van der Waals surface area contributed by atoms with Crippen LogP contribution in [-0.4, -0.2) is 10.2 Å². The van der Waals surface area contributed by atoms with Crippen molar-refractivity contribution >= 4 is 37.7 Å².